The Hall–Kier alpha value is 1.60. The first-order valence-electron chi connectivity index (χ1n) is 1.82. The van der Waals surface area contributed by atoms with Crippen LogP contribution in [-0.2, 0) is 0 Å². The Labute approximate surface area is 75.6 Å². The van der Waals surface area contributed by atoms with Gasteiger partial charge in [0.25, 0.3) is 0 Å². The zero-order valence-corrected chi connectivity index (χ0v) is 11.0. The number of hydrogen-bond donors (Lipinski definition) is 0. The molecule has 0 unspecified atom stereocenters. The van der Waals surface area contributed by atoms with Crippen LogP contribution in [0.1, 0.15) is 0 Å². The maximum atomic E-state index is 2.27. The first-order chi connectivity index (χ1) is 3.29. The van der Waals surface area contributed by atoms with Gasteiger partial charge in [0.2, 0.25) is 0 Å². The third kappa shape index (κ3) is 2.12. The summed E-state index contributed by atoms with van der Waals surface area (Å²) in [5.41, 5.74) is 0. The molecule has 0 bridgehead atoms. The summed E-state index contributed by atoms with van der Waals surface area (Å²) in [6.45, 7) is 0. The van der Waals surface area contributed by atoms with Crippen LogP contribution in [0.5, 0.6) is 0 Å². The summed E-state index contributed by atoms with van der Waals surface area (Å²) in [5, 5.41) is 0. The third-order valence-electron chi connectivity index (χ3n) is 0.606. The van der Waals surface area contributed by atoms with Gasteiger partial charge in [-0.15, -0.1) is 0 Å². The average Bonchev–Trinajstić information content (AvgIpc) is 1.87. The molecule has 32 valence electrons. The van der Waals surface area contributed by atoms with Crippen molar-refractivity contribution >= 4 is 64.5 Å². The molecule has 1 aromatic rings. The Morgan fingerprint density at radius 1 is 1.14 bits per heavy atom. The van der Waals surface area contributed by atoms with Gasteiger partial charge < -0.3 is 0 Å². The molecule has 0 aliphatic carbocycles. The fourth-order valence-corrected chi connectivity index (χ4v) is 9.46. The molecule has 3 heteroatoms. The summed E-state index contributed by atoms with van der Waals surface area (Å²) in [6, 6.07) is 4.53. The molecule has 0 nitrogen and oxygen atoms in total. The fraction of sp³-hybridized carbons (Fsp3) is 0. The molecule has 0 aromatic carbocycles. The van der Waals surface area contributed by atoms with E-state index in [0.717, 1.165) is 14.5 Å². The third-order valence-corrected chi connectivity index (χ3v) is 6.08. The molecule has 0 fully saturated rings. The van der Waals surface area contributed by atoms with E-state index >= 15 is 0 Å². The van der Waals surface area contributed by atoms with Crippen LogP contribution in [-0.4, -0.2) is 59.6 Å². The molecule has 1 rings (SSSR count). The predicted octanol–water partition coefficient (Wildman–Crippen LogP) is -1.67. The normalized spacial score (nSPS) is 9.43. The quantitative estimate of drug-likeness (QED) is 0.482. The second-order valence-electron chi connectivity index (χ2n) is 1.16. The Balaban J connectivity index is 3.04. The number of rotatable bonds is 0. The van der Waals surface area contributed by atoms with Crippen LogP contribution in [0, 0.1) is 0 Å². The SMILES string of the molecule is [Sn][c]1cc[c]([Sn])[se]1. The molecule has 0 N–H and O–H groups in total. The van der Waals surface area contributed by atoms with Crippen molar-refractivity contribution in [1.29, 1.82) is 0 Å². The fourth-order valence-electron chi connectivity index (χ4n) is 0.338. The molecule has 0 aliphatic heterocycles. The molecule has 0 aliphatic rings. The van der Waals surface area contributed by atoms with Gasteiger partial charge in [0, 0.05) is 0 Å². The van der Waals surface area contributed by atoms with Gasteiger partial charge in [-0.1, -0.05) is 0 Å². The zero-order valence-electron chi connectivity index (χ0n) is 3.56. The van der Waals surface area contributed by atoms with Crippen LogP contribution < -0.4 is 4.91 Å². The van der Waals surface area contributed by atoms with Gasteiger partial charge in [0.1, 0.15) is 0 Å². The first-order valence-corrected chi connectivity index (χ1v) is 6.39. The van der Waals surface area contributed by atoms with Crippen molar-refractivity contribution in [3.8, 4) is 0 Å². The molecule has 0 saturated heterocycles. The van der Waals surface area contributed by atoms with Gasteiger partial charge in [0.05, 0.1) is 0 Å². The van der Waals surface area contributed by atoms with Gasteiger partial charge in [-0.2, -0.15) is 0 Å². The summed E-state index contributed by atoms with van der Waals surface area (Å²) in [6.07, 6.45) is 0. The van der Waals surface area contributed by atoms with E-state index in [1.807, 2.05) is 0 Å². The van der Waals surface area contributed by atoms with E-state index in [2.05, 4.69) is 12.1 Å². The monoisotopic (exact) mass is 370 g/mol. The van der Waals surface area contributed by atoms with Crippen molar-refractivity contribution in [2.24, 2.45) is 0 Å². The van der Waals surface area contributed by atoms with Crippen LogP contribution in [0.4, 0.5) is 0 Å². The second-order valence-corrected chi connectivity index (χ2v) is 11.1. The van der Waals surface area contributed by atoms with Crippen LogP contribution in [0.3, 0.4) is 0 Å². The summed E-state index contributed by atoms with van der Waals surface area (Å²) in [4.78, 5) is 0. The average molecular weight is 366 g/mol. The van der Waals surface area contributed by atoms with Crippen molar-refractivity contribution in [2.45, 2.75) is 0 Å². The molecular weight excluding hydrogens is 364 g/mol. The van der Waals surface area contributed by atoms with E-state index in [9.17, 15) is 0 Å². The van der Waals surface area contributed by atoms with Gasteiger partial charge >= 0.3 is 76.6 Å². The molecule has 0 spiro atoms. The summed E-state index contributed by atoms with van der Waals surface area (Å²) >= 11 is 4.01. The van der Waals surface area contributed by atoms with Crippen LogP contribution in [0.2, 0.25) is 0 Å². The van der Waals surface area contributed by atoms with E-state index in [1.165, 1.54) is 0 Å². The summed E-state index contributed by atoms with van der Waals surface area (Å²) < 4.78 is 3.32. The predicted molar refractivity (Wildman–Crippen MR) is 34.2 cm³/mol. The maximum absolute atomic E-state index is 2.27. The molecule has 6 radical (unpaired) electrons. The summed E-state index contributed by atoms with van der Waals surface area (Å²) in [5.74, 6) is 0. The van der Waals surface area contributed by atoms with E-state index in [0.29, 0.717) is 0 Å². The van der Waals surface area contributed by atoms with E-state index in [-0.39, 0.29) is 0 Å². The van der Waals surface area contributed by atoms with Crippen LogP contribution in [0.25, 0.3) is 0 Å². The van der Waals surface area contributed by atoms with Gasteiger partial charge in [-0.25, -0.2) is 0 Å². The zero-order chi connectivity index (χ0) is 5.28. The molecular formula is C4H2SeSn2. The van der Waals surface area contributed by atoms with Crippen molar-refractivity contribution in [3.63, 3.8) is 0 Å². The summed E-state index contributed by atoms with van der Waals surface area (Å²) in [7, 11) is 0. The minimum atomic E-state index is 0.788. The topological polar surface area (TPSA) is 0 Å². The molecule has 0 amide bonds. The van der Waals surface area contributed by atoms with Gasteiger partial charge in [0.15, 0.2) is 0 Å². The van der Waals surface area contributed by atoms with E-state index in [4.69, 9.17) is 0 Å². The van der Waals surface area contributed by atoms with Gasteiger partial charge in [-0.05, 0) is 0 Å². The number of hydrogen-bond acceptors (Lipinski definition) is 0. The van der Waals surface area contributed by atoms with Gasteiger partial charge in [-0.3, -0.25) is 0 Å². The molecule has 0 saturated carbocycles. The van der Waals surface area contributed by atoms with Crippen LogP contribution >= 0.6 is 0 Å². The molecule has 0 atom stereocenters. The Morgan fingerprint density at radius 3 is 1.71 bits per heavy atom. The van der Waals surface area contributed by atoms with Crippen LogP contribution in [0.15, 0.2) is 12.1 Å². The standard InChI is InChI=1S/C4H2Se.2Sn/c1-2-4-5-3-1;;/h1-2H;;. The molecule has 7 heavy (non-hydrogen) atoms. The molecule has 1 heterocycles. The van der Waals surface area contributed by atoms with Crippen molar-refractivity contribution < 1.29 is 0 Å². The van der Waals surface area contributed by atoms with Crippen molar-refractivity contribution in [3.05, 3.63) is 12.1 Å². The molecule has 1 aromatic heterocycles. The van der Waals surface area contributed by atoms with E-state index < -0.39 is 0 Å². The Kier molecular flexibility index (Phi) is 2.82. The Morgan fingerprint density at radius 2 is 1.57 bits per heavy atom. The van der Waals surface area contributed by atoms with Crippen molar-refractivity contribution in [1.82, 2.24) is 0 Å². The first kappa shape index (κ1) is 6.71. The Bertz CT molecular complexity index is 142. The second kappa shape index (κ2) is 2.94. The van der Waals surface area contributed by atoms with E-state index in [1.54, 1.807) is 50.0 Å². The van der Waals surface area contributed by atoms with Crippen molar-refractivity contribution in [2.75, 3.05) is 0 Å². The minimum absolute atomic E-state index is 0.788.